The van der Waals surface area contributed by atoms with Crippen molar-refractivity contribution in [1.29, 1.82) is 0 Å². The predicted molar refractivity (Wildman–Crippen MR) is 76.8 cm³/mol. The van der Waals surface area contributed by atoms with Crippen LogP contribution in [0.5, 0.6) is 0 Å². The quantitative estimate of drug-likeness (QED) is 0.744. The molecule has 106 valence electrons. The number of rotatable bonds is 2. The third-order valence-electron chi connectivity index (χ3n) is 4.69. The van der Waals surface area contributed by atoms with E-state index in [1.165, 1.54) is 32.2 Å². The van der Waals surface area contributed by atoms with Crippen molar-refractivity contribution in [1.82, 2.24) is 4.90 Å². The van der Waals surface area contributed by atoms with E-state index in [1.54, 1.807) is 0 Å². The molecule has 18 heavy (non-hydrogen) atoms. The smallest absolute Gasteiger partial charge is 0.0494 e. The zero-order valence-electron chi connectivity index (χ0n) is 13.0. The largest absolute Gasteiger partial charge is 0.381 e. The molecule has 2 fully saturated rings. The lowest BCUT2D eigenvalue weighted by atomic mass is 9.86. The van der Waals surface area contributed by atoms with Gasteiger partial charge < -0.3 is 4.74 Å². The molecule has 0 aliphatic carbocycles. The van der Waals surface area contributed by atoms with Crippen molar-refractivity contribution in [2.75, 3.05) is 19.8 Å². The number of hydrogen-bond acceptors (Lipinski definition) is 2. The van der Waals surface area contributed by atoms with E-state index in [0.29, 0.717) is 11.1 Å². The van der Waals surface area contributed by atoms with E-state index in [1.807, 2.05) is 0 Å². The molecule has 0 aromatic carbocycles. The van der Waals surface area contributed by atoms with E-state index in [9.17, 15) is 0 Å². The van der Waals surface area contributed by atoms with Gasteiger partial charge in [0.05, 0.1) is 0 Å². The Kier molecular flexibility index (Phi) is 4.08. The summed E-state index contributed by atoms with van der Waals surface area (Å²) in [5, 5.41) is 0. The Bertz CT molecular complexity index is 273. The molecule has 0 spiro atoms. The van der Waals surface area contributed by atoms with Crippen LogP contribution in [0.1, 0.15) is 60.3 Å². The molecule has 2 nitrogen and oxygen atoms in total. The van der Waals surface area contributed by atoms with E-state index in [4.69, 9.17) is 4.74 Å². The first-order valence-electron chi connectivity index (χ1n) is 7.64. The average Bonchev–Trinajstić information content (AvgIpc) is 2.54. The van der Waals surface area contributed by atoms with E-state index >= 15 is 0 Å². The van der Waals surface area contributed by atoms with Gasteiger partial charge in [-0.2, -0.15) is 0 Å². The second kappa shape index (κ2) is 5.13. The first kappa shape index (κ1) is 14.3. The Morgan fingerprint density at radius 3 is 2.44 bits per heavy atom. The summed E-state index contributed by atoms with van der Waals surface area (Å²) in [6.45, 7) is 15.1. The Morgan fingerprint density at radius 1 is 1.22 bits per heavy atom. The maximum atomic E-state index is 5.62. The predicted octanol–water partition coefficient (Wildman–Crippen LogP) is 3.70. The molecule has 2 aliphatic heterocycles. The van der Waals surface area contributed by atoms with Gasteiger partial charge in [-0.1, -0.05) is 0 Å². The highest BCUT2D eigenvalue weighted by molar-refractivity contribution is 4.98. The van der Waals surface area contributed by atoms with E-state index in [2.05, 4.69) is 39.5 Å². The molecule has 0 saturated carbocycles. The van der Waals surface area contributed by atoms with Crippen LogP contribution < -0.4 is 0 Å². The molecule has 0 N–H and O–H groups in total. The van der Waals surface area contributed by atoms with E-state index < -0.39 is 0 Å². The van der Waals surface area contributed by atoms with Gasteiger partial charge in [-0.05, 0) is 72.1 Å². The zero-order chi connectivity index (χ0) is 13.4. The van der Waals surface area contributed by atoms with Crippen LogP contribution in [0, 0.1) is 11.8 Å². The van der Waals surface area contributed by atoms with Crippen LogP contribution in [0.4, 0.5) is 0 Å². The van der Waals surface area contributed by atoms with Gasteiger partial charge in [0.1, 0.15) is 0 Å². The van der Waals surface area contributed by atoms with E-state index in [-0.39, 0.29) is 0 Å². The molecule has 0 aromatic rings. The lowest BCUT2D eigenvalue weighted by Gasteiger charge is -2.42. The third-order valence-corrected chi connectivity index (χ3v) is 4.69. The van der Waals surface area contributed by atoms with Crippen LogP contribution in [0.15, 0.2) is 0 Å². The molecule has 2 saturated heterocycles. The van der Waals surface area contributed by atoms with E-state index in [0.717, 1.165) is 25.0 Å². The SMILES string of the molecule is CC(C)(C)N1C[C@@H](C[C@H]2CCCOC2)CC1(C)C. The van der Waals surface area contributed by atoms with Gasteiger partial charge in [-0.25, -0.2) is 0 Å². The second-order valence-electron chi connectivity index (χ2n) is 7.98. The van der Waals surface area contributed by atoms with Crippen molar-refractivity contribution in [3.8, 4) is 0 Å². The number of likely N-dealkylation sites (tertiary alicyclic amines) is 1. The first-order chi connectivity index (χ1) is 8.29. The van der Waals surface area contributed by atoms with Crippen LogP contribution in [0.25, 0.3) is 0 Å². The summed E-state index contributed by atoms with van der Waals surface area (Å²) < 4.78 is 5.62. The van der Waals surface area contributed by atoms with Crippen molar-refractivity contribution < 1.29 is 4.74 Å². The summed E-state index contributed by atoms with van der Waals surface area (Å²) in [5.74, 6) is 1.69. The molecule has 2 rings (SSSR count). The minimum Gasteiger partial charge on any atom is -0.381 e. The minimum absolute atomic E-state index is 0.293. The summed E-state index contributed by atoms with van der Waals surface area (Å²) in [6.07, 6.45) is 5.37. The van der Waals surface area contributed by atoms with Gasteiger partial charge in [0.15, 0.2) is 0 Å². The normalized spacial score (nSPS) is 33.8. The van der Waals surface area contributed by atoms with Crippen LogP contribution in [-0.2, 0) is 4.74 Å². The summed E-state index contributed by atoms with van der Waals surface area (Å²) >= 11 is 0. The van der Waals surface area contributed by atoms with Crippen LogP contribution in [0.3, 0.4) is 0 Å². The number of hydrogen-bond donors (Lipinski definition) is 0. The molecule has 0 bridgehead atoms. The highest BCUT2D eigenvalue weighted by atomic mass is 16.5. The Hall–Kier alpha value is -0.0800. The Morgan fingerprint density at radius 2 is 1.94 bits per heavy atom. The van der Waals surface area contributed by atoms with Crippen LogP contribution >= 0.6 is 0 Å². The molecule has 0 amide bonds. The fourth-order valence-electron chi connectivity index (χ4n) is 4.19. The number of nitrogens with zero attached hydrogens (tertiary/aromatic N) is 1. The lowest BCUT2D eigenvalue weighted by molar-refractivity contribution is 0.0438. The van der Waals surface area contributed by atoms with Crippen LogP contribution in [-0.4, -0.2) is 35.7 Å². The fourth-order valence-corrected chi connectivity index (χ4v) is 4.19. The molecule has 2 atom stereocenters. The molecule has 2 heterocycles. The minimum atomic E-state index is 0.293. The monoisotopic (exact) mass is 253 g/mol. The second-order valence-corrected chi connectivity index (χ2v) is 7.98. The van der Waals surface area contributed by atoms with Crippen molar-refractivity contribution in [3.05, 3.63) is 0 Å². The summed E-state index contributed by atoms with van der Waals surface area (Å²) in [6, 6.07) is 0. The molecule has 0 radical (unpaired) electrons. The zero-order valence-corrected chi connectivity index (χ0v) is 13.0. The highest BCUT2D eigenvalue weighted by Crippen LogP contribution is 2.40. The molecule has 2 aliphatic rings. The Balaban J connectivity index is 1.93. The maximum absolute atomic E-state index is 5.62. The highest BCUT2D eigenvalue weighted by Gasteiger charge is 2.43. The van der Waals surface area contributed by atoms with Gasteiger partial charge in [-0.3, -0.25) is 4.90 Å². The Labute approximate surface area is 113 Å². The molecule has 0 aromatic heterocycles. The average molecular weight is 253 g/mol. The van der Waals surface area contributed by atoms with Crippen molar-refractivity contribution >= 4 is 0 Å². The van der Waals surface area contributed by atoms with Gasteiger partial charge in [0, 0.05) is 30.8 Å². The summed E-state index contributed by atoms with van der Waals surface area (Å²) in [5.41, 5.74) is 0.653. The summed E-state index contributed by atoms with van der Waals surface area (Å²) in [4.78, 5) is 2.70. The molecule has 0 unspecified atom stereocenters. The fraction of sp³-hybridized carbons (Fsp3) is 1.00. The maximum Gasteiger partial charge on any atom is 0.0494 e. The van der Waals surface area contributed by atoms with Gasteiger partial charge in [0.25, 0.3) is 0 Å². The third kappa shape index (κ3) is 3.27. The number of ether oxygens (including phenoxy) is 1. The van der Waals surface area contributed by atoms with Crippen molar-refractivity contribution in [2.45, 2.75) is 71.4 Å². The first-order valence-corrected chi connectivity index (χ1v) is 7.64. The van der Waals surface area contributed by atoms with Crippen LogP contribution in [0.2, 0.25) is 0 Å². The lowest BCUT2D eigenvalue weighted by Crippen LogP contribution is -2.50. The van der Waals surface area contributed by atoms with Gasteiger partial charge in [-0.15, -0.1) is 0 Å². The standard InChI is InChI=1S/C16H31NO/c1-15(2,3)17-11-14(10-16(17,4)5)9-13-7-6-8-18-12-13/h13-14H,6-12H2,1-5H3/t13-,14+/m1/s1. The van der Waals surface area contributed by atoms with Crippen molar-refractivity contribution in [2.24, 2.45) is 11.8 Å². The summed E-state index contributed by atoms with van der Waals surface area (Å²) in [7, 11) is 0. The van der Waals surface area contributed by atoms with Gasteiger partial charge >= 0.3 is 0 Å². The molecular weight excluding hydrogens is 222 g/mol. The van der Waals surface area contributed by atoms with Gasteiger partial charge in [0.2, 0.25) is 0 Å². The molecular formula is C16H31NO. The van der Waals surface area contributed by atoms with Crippen molar-refractivity contribution in [3.63, 3.8) is 0 Å². The molecule has 2 heteroatoms. The topological polar surface area (TPSA) is 12.5 Å².